The molecular formula is C13H22N2O4S. The summed E-state index contributed by atoms with van der Waals surface area (Å²) in [5.74, 6) is 0.489. The molecule has 1 N–H and O–H groups in total. The number of nitrogens with zero attached hydrogens (tertiary/aromatic N) is 1. The lowest BCUT2D eigenvalue weighted by molar-refractivity contribution is -0.134. The summed E-state index contributed by atoms with van der Waals surface area (Å²) in [6, 6.07) is 0. The van der Waals surface area contributed by atoms with Crippen LogP contribution in [0, 0.1) is 11.8 Å². The number of piperidine rings is 1. The van der Waals surface area contributed by atoms with Crippen LogP contribution in [-0.2, 0) is 19.4 Å². The molecule has 0 aromatic carbocycles. The van der Waals surface area contributed by atoms with Crippen LogP contribution in [-0.4, -0.2) is 56.3 Å². The number of hydrogen-bond acceptors (Lipinski definition) is 4. The van der Waals surface area contributed by atoms with Crippen molar-refractivity contribution < 1.29 is 18.0 Å². The highest BCUT2D eigenvalue weighted by molar-refractivity contribution is 7.91. The van der Waals surface area contributed by atoms with Gasteiger partial charge >= 0.3 is 0 Å². The van der Waals surface area contributed by atoms with Crippen molar-refractivity contribution in [3.05, 3.63) is 0 Å². The lowest BCUT2D eigenvalue weighted by Gasteiger charge is -2.30. The van der Waals surface area contributed by atoms with Crippen LogP contribution < -0.4 is 5.32 Å². The Hall–Kier alpha value is -1.11. The van der Waals surface area contributed by atoms with E-state index in [1.807, 2.05) is 0 Å². The molecule has 6 nitrogen and oxygen atoms in total. The minimum atomic E-state index is -2.88. The lowest BCUT2D eigenvalue weighted by Crippen LogP contribution is -2.43. The maximum absolute atomic E-state index is 12.0. The highest BCUT2D eigenvalue weighted by atomic mass is 32.2. The molecule has 1 atom stereocenters. The van der Waals surface area contributed by atoms with Gasteiger partial charge in [0.25, 0.3) is 0 Å². The van der Waals surface area contributed by atoms with Gasteiger partial charge in [0.2, 0.25) is 11.8 Å². The highest BCUT2D eigenvalue weighted by Crippen LogP contribution is 2.19. The van der Waals surface area contributed by atoms with Gasteiger partial charge in [-0.15, -0.1) is 0 Å². The van der Waals surface area contributed by atoms with E-state index in [1.165, 1.54) is 0 Å². The smallest absolute Gasteiger partial charge is 0.223 e. The first-order chi connectivity index (χ1) is 9.37. The van der Waals surface area contributed by atoms with Gasteiger partial charge in [-0.25, -0.2) is 8.42 Å². The third-order valence-electron chi connectivity index (χ3n) is 4.20. The van der Waals surface area contributed by atoms with Crippen molar-refractivity contribution in [1.29, 1.82) is 0 Å². The number of hydrogen-bond donors (Lipinski definition) is 1. The molecule has 2 amide bonds. The minimum absolute atomic E-state index is 0.00231. The summed E-state index contributed by atoms with van der Waals surface area (Å²) < 4.78 is 22.7. The SMILES string of the molecule is CC(=O)N1CCC(C(=O)NC[C@@H]2CCS(=O)(=O)C2)CC1. The largest absolute Gasteiger partial charge is 0.356 e. The Labute approximate surface area is 119 Å². The fraction of sp³-hybridized carbons (Fsp3) is 0.846. The maximum atomic E-state index is 12.0. The molecule has 2 aliphatic rings. The van der Waals surface area contributed by atoms with E-state index in [-0.39, 0.29) is 35.2 Å². The van der Waals surface area contributed by atoms with Crippen LogP contribution >= 0.6 is 0 Å². The molecule has 0 radical (unpaired) electrons. The molecule has 0 aromatic rings. The Balaban J connectivity index is 1.72. The van der Waals surface area contributed by atoms with Gasteiger partial charge in [-0.3, -0.25) is 9.59 Å². The Morgan fingerprint density at radius 2 is 1.85 bits per heavy atom. The van der Waals surface area contributed by atoms with Crippen LogP contribution in [0.3, 0.4) is 0 Å². The molecule has 2 heterocycles. The van der Waals surface area contributed by atoms with Crippen LogP contribution in [0.15, 0.2) is 0 Å². The highest BCUT2D eigenvalue weighted by Gasteiger charge is 2.30. The number of nitrogens with one attached hydrogen (secondary N) is 1. The Bertz CT molecular complexity index is 481. The average Bonchev–Trinajstić information content (AvgIpc) is 2.75. The Morgan fingerprint density at radius 1 is 1.20 bits per heavy atom. The van der Waals surface area contributed by atoms with Crippen molar-refractivity contribution in [3.8, 4) is 0 Å². The molecule has 20 heavy (non-hydrogen) atoms. The van der Waals surface area contributed by atoms with E-state index in [0.29, 0.717) is 38.9 Å². The average molecular weight is 302 g/mol. The first-order valence-electron chi connectivity index (χ1n) is 7.11. The van der Waals surface area contributed by atoms with Gasteiger partial charge in [0, 0.05) is 32.5 Å². The fourth-order valence-corrected chi connectivity index (χ4v) is 4.74. The van der Waals surface area contributed by atoms with E-state index in [9.17, 15) is 18.0 Å². The summed E-state index contributed by atoms with van der Waals surface area (Å²) in [5.41, 5.74) is 0. The van der Waals surface area contributed by atoms with Gasteiger partial charge in [-0.1, -0.05) is 0 Å². The number of likely N-dealkylation sites (tertiary alicyclic amines) is 1. The molecular weight excluding hydrogens is 280 g/mol. The van der Waals surface area contributed by atoms with Crippen molar-refractivity contribution in [1.82, 2.24) is 10.2 Å². The van der Waals surface area contributed by atoms with Crippen LogP contribution in [0.25, 0.3) is 0 Å². The molecule has 2 saturated heterocycles. The zero-order chi connectivity index (χ0) is 14.8. The number of amides is 2. The predicted molar refractivity (Wildman–Crippen MR) is 74.7 cm³/mol. The van der Waals surface area contributed by atoms with Gasteiger partial charge in [-0.05, 0) is 25.2 Å². The fourth-order valence-electron chi connectivity index (χ4n) is 2.88. The quantitative estimate of drug-likeness (QED) is 0.782. The van der Waals surface area contributed by atoms with Crippen molar-refractivity contribution >= 4 is 21.7 Å². The van der Waals surface area contributed by atoms with E-state index in [2.05, 4.69) is 5.32 Å². The minimum Gasteiger partial charge on any atom is -0.356 e. The number of carbonyl (C=O) groups is 2. The summed E-state index contributed by atoms with van der Waals surface area (Å²) in [6.45, 7) is 3.25. The summed E-state index contributed by atoms with van der Waals surface area (Å²) >= 11 is 0. The normalized spacial score (nSPS) is 26.4. The lowest BCUT2D eigenvalue weighted by atomic mass is 9.95. The second kappa shape index (κ2) is 6.11. The summed E-state index contributed by atoms with van der Waals surface area (Å²) in [6.07, 6.45) is 2.02. The van der Waals surface area contributed by atoms with Crippen LogP contribution in [0.1, 0.15) is 26.2 Å². The van der Waals surface area contributed by atoms with E-state index >= 15 is 0 Å². The second-order valence-corrected chi connectivity index (χ2v) is 8.02. The first kappa shape index (κ1) is 15.3. The molecule has 0 saturated carbocycles. The zero-order valence-electron chi connectivity index (χ0n) is 11.8. The Morgan fingerprint density at radius 3 is 2.35 bits per heavy atom. The van der Waals surface area contributed by atoms with E-state index in [4.69, 9.17) is 0 Å². The topological polar surface area (TPSA) is 83.6 Å². The summed E-state index contributed by atoms with van der Waals surface area (Å²) in [5, 5.41) is 2.87. The van der Waals surface area contributed by atoms with E-state index in [1.54, 1.807) is 11.8 Å². The third-order valence-corrected chi connectivity index (χ3v) is 6.04. The van der Waals surface area contributed by atoms with Gasteiger partial charge in [-0.2, -0.15) is 0 Å². The molecule has 0 bridgehead atoms. The van der Waals surface area contributed by atoms with Crippen molar-refractivity contribution in [2.24, 2.45) is 11.8 Å². The van der Waals surface area contributed by atoms with E-state index < -0.39 is 9.84 Å². The monoisotopic (exact) mass is 302 g/mol. The summed E-state index contributed by atoms with van der Waals surface area (Å²) in [4.78, 5) is 25.0. The number of sulfone groups is 1. The number of rotatable bonds is 3. The van der Waals surface area contributed by atoms with E-state index in [0.717, 1.165) is 0 Å². The van der Waals surface area contributed by atoms with Gasteiger partial charge in [0.15, 0.2) is 9.84 Å². The van der Waals surface area contributed by atoms with Crippen LogP contribution in [0.2, 0.25) is 0 Å². The number of carbonyl (C=O) groups excluding carboxylic acids is 2. The van der Waals surface area contributed by atoms with Gasteiger partial charge in [0.05, 0.1) is 11.5 Å². The predicted octanol–water partition coefficient (Wildman–Crippen LogP) is -0.204. The molecule has 7 heteroatoms. The van der Waals surface area contributed by atoms with Crippen molar-refractivity contribution in [2.45, 2.75) is 26.2 Å². The Kier molecular flexibility index (Phi) is 4.67. The standard InChI is InChI=1S/C13H22N2O4S/c1-10(16)15-5-2-12(3-6-15)13(17)14-8-11-4-7-20(18,19)9-11/h11-12H,2-9H2,1H3,(H,14,17)/t11-/m0/s1. The second-order valence-electron chi connectivity index (χ2n) is 5.79. The molecule has 0 aromatic heterocycles. The molecule has 0 unspecified atom stereocenters. The van der Waals surface area contributed by atoms with Crippen LogP contribution in [0.5, 0.6) is 0 Å². The van der Waals surface area contributed by atoms with Crippen LogP contribution in [0.4, 0.5) is 0 Å². The van der Waals surface area contributed by atoms with Gasteiger partial charge < -0.3 is 10.2 Å². The molecule has 2 rings (SSSR count). The maximum Gasteiger partial charge on any atom is 0.223 e. The molecule has 0 spiro atoms. The first-order valence-corrected chi connectivity index (χ1v) is 8.93. The molecule has 0 aliphatic carbocycles. The summed E-state index contributed by atoms with van der Waals surface area (Å²) in [7, 11) is -2.88. The third kappa shape index (κ3) is 3.94. The molecule has 114 valence electrons. The molecule has 2 fully saturated rings. The van der Waals surface area contributed by atoms with Crippen molar-refractivity contribution in [3.63, 3.8) is 0 Å². The zero-order valence-corrected chi connectivity index (χ0v) is 12.6. The van der Waals surface area contributed by atoms with Crippen molar-refractivity contribution in [2.75, 3.05) is 31.1 Å². The molecule has 2 aliphatic heterocycles. The van der Waals surface area contributed by atoms with Gasteiger partial charge in [0.1, 0.15) is 0 Å².